The van der Waals surface area contributed by atoms with Crippen molar-refractivity contribution in [3.8, 4) is 11.5 Å². The van der Waals surface area contributed by atoms with Gasteiger partial charge in [0.2, 0.25) is 5.91 Å². The van der Waals surface area contributed by atoms with Gasteiger partial charge in [0.15, 0.2) is 11.5 Å². The number of methoxy groups -OCH3 is 2. The molecule has 1 atom stereocenters. The van der Waals surface area contributed by atoms with Gasteiger partial charge < -0.3 is 25.1 Å². The number of aryl methyl sites for hydroxylation is 1. The fraction of sp³-hybridized carbons (Fsp3) is 0.444. The minimum absolute atomic E-state index is 0.129. The number of hydrogen-bond donors (Lipinski definition) is 2. The molecule has 25 heavy (non-hydrogen) atoms. The third kappa shape index (κ3) is 3.76. The van der Waals surface area contributed by atoms with Gasteiger partial charge in [-0.25, -0.2) is 4.98 Å². The van der Waals surface area contributed by atoms with E-state index in [9.17, 15) is 4.79 Å². The number of hydrogen-bond acceptors (Lipinski definition) is 5. The number of aromatic nitrogens is 2. The Morgan fingerprint density at radius 2 is 2.12 bits per heavy atom. The maximum atomic E-state index is 12.4. The molecule has 0 aliphatic carbocycles. The van der Waals surface area contributed by atoms with E-state index in [1.807, 2.05) is 6.07 Å². The second kappa shape index (κ2) is 7.57. The van der Waals surface area contributed by atoms with E-state index < -0.39 is 6.04 Å². The van der Waals surface area contributed by atoms with Gasteiger partial charge in [-0.3, -0.25) is 4.79 Å². The van der Waals surface area contributed by atoms with Crippen LogP contribution in [0.1, 0.15) is 36.7 Å². The molecule has 1 aromatic carbocycles. The second-order valence-electron chi connectivity index (χ2n) is 6.14. The zero-order chi connectivity index (χ0) is 17.8. The fourth-order valence-electron chi connectivity index (χ4n) is 3.11. The lowest BCUT2D eigenvalue weighted by atomic mass is 10.0. The Hall–Kier alpha value is -2.54. The molecule has 7 heteroatoms. The Bertz CT molecular complexity index is 757. The highest BCUT2D eigenvalue weighted by Gasteiger charge is 2.18. The maximum absolute atomic E-state index is 12.4. The summed E-state index contributed by atoms with van der Waals surface area (Å²) in [6.45, 7) is 0.896. The molecule has 134 valence electrons. The maximum Gasteiger partial charge on any atom is 0.227 e. The number of rotatable bonds is 6. The van der Waals surface area contributed by atoms with Crippen LogP contribution in [-0.2, 0) is 17.8 Å². The van der Waals surface area contributed by atoms with E-state index in [-0.39, 0.29) is 12.3 Å². The highest BCUT2D eigenvalue weighted by atomic mass is 16.5. The van der Waals surface area contributed by atoms with Crippen molar-refractivity contribution in [3.63, 3.8) is 0 Å². The molecule has 2 aromatic rings. The molecule has 3 rings (SSSR count). The van der Waals surface area contributed by atoms with Gasteiger partial charge in [0, 0.05) is 25.4 Å². The van der Waals surface area contributed by atoms with Gasteiger partial charge in [0.1, 0.15) is 11.6 Å². The lowest BCUT2D eigenvalue weighted by Gasteiger charge is -2.18. The van der Waals surface area contributed by atoms with Crippen LogP contribution in [0.4, 0.5) is 5.82 Å². The standard InChI is InChI=1S/C18H24N4O3/c1-24-14-7-6-12(9-15(14)25-2)13(19)10-18(23)21-17-11-20-16-5-3-4-8-22(16)17/h6-7,9,11,13H,3-5,8,10,19H2,1-2H3,(H,21,23)/t13-/m0/s1. The van der Waals surface area contributed by atoms with Crippen molar-refractivity contribution in [2.75, 3.05) is 19.5 Å². The largest absolute Gasteiger partial charge is 0.493 e. The number of imidazole rings is 1. The molecular weight excluding hydrogens is 320 g/mol. The quantitative estimate of drug-likeness (QED) is 0.839. The Kier molecular flexibility index (Phi) is 5.23. The van der Waals surface area contributed by atoms with Crippen LogP contribution in [0.25, 0.3) is 0 Å². The second-order valence-corrected chi connectivity index (χ2v) is 6.14. The number of anilines is 1. The van der Waals surface area contributed by atoms with Crippen molar-refractivity contribution in [3.05, 3.63) is 35.8 Å². The first-order chi connectivity index (χ1) is 12.1. The number of nitrogens with one attached hydrogen (secondary N) is 1. The van der Waals surface area contributed by atoms with E-state index >= 15 is 0 Å². The predicted molar refractivity (Wildman–Crippen MR) is 94.9 cm³/mol. The first-order valence-corrected chi connectivity index (χ1v) is 8.44. The first-order valence-electron chi connectivity index (χ1n) is 8.44. The molecule has 0 spiro atoms. The van der Waals surface area contributed by atoms with Crippen LogP contribution in [0.3, 0.4) is 0 Å². The minimum atomic E-state index is -0.427. The van der Waals surface area contributed by atoms with E-state index in [1.165, 1.54) is 0 Å². The van der Waals surface area contributed by atoms with Crippen molar-refractivity contribution in [1.82, 2.24) is 9.55 Å². The summed E-state index contributed by atoms with van der Waals surface area (Å²) in [5, 5.41) is 2.93. The zero-order valence-corrected chi connectivity index (χ0v) is 14.6. The Balaban J connectivity index is 1.65. The van der Waals surface area contributed by atoms with E-state index in [0.717, 1.165) is 43.0 Å². The summed E-state index contributed by atoms with van der Waals surface area (Å²) >= 11 is 0. The van der Waals surface area contributed by atoms with Crippen molar-refractivity contribution in [2.24, 2.45) is 5.73 Å². The van der Waals surface area contributed by atoms with Gasteiger partial charge in [-0.2, -0.15) is 0 Å². The summed E-state index contributed by atoms with van der Waals surface area (Å²) in [4.78, 5) is 16.7. The molecule has 7 nitrogen and oxygen atoms in total. The number of ether oxygens (including phenoxy) is 2. The van der Waals surface area contributed by atoms with E-state index in [2.05, 4.69) is 14.9 Å². The molecule has 3 N–H and O–H groups in total. The van der Waals surface area contributed by atoms with Gasteiger partial charge in [-0.1, -0.05) is 6.07 Å². The summed E-state index contributed by atoms with van der Waals surface area (Å²) < 4.78 is 12.6. The topological polar surface area (TPSA) is 91.4 Å². The van der Waals surface area contributed by atoms with Crippen LogP contribution >= 0.6 is 0 Å². The molecule has 1 amide bonds. The van der Waals surface area contributed by atoms with Crippen LogP contribution < -0.4 is 20.5 Å². The molecule has 0 saturated carbocycles. The lowest BCUT2D eigenvalue weighted by molar-refractivity contribution is -0.116. The summed E-state index contributed by atoms with van der Waals surface area (Å²) in [5.74, 6) is 2.88. The molecule has 0 radical (unpaired) electrons. The molecule has 1 aliphatic rings. The predicted octanol–water partition coefficient (Wildman–Crippen LogP) is 2.27. The Labute approximate surface area is 147 Å². The summed E-state index contributed by atoms with van der Waals surface area (Å²) in [6, 6.07) is 5.01. The Morgan fingerprint density at radius 1 is 1.32 bits per heavy atom. The average molecular weight is 344 g/mol. The number of amides is 1. The number of carbonyl (C=O) groups is 1. The number of fused-ring (bicyclic) bond motifs is 1. The highest BCUT2D eigenvalue weighted by Crippen LogP contribution is 2.30. The smallest absolute Gasteiger partial charge is 0.227 e. The van der Waals surface area contributed by atoms with Crippen LogP contribution in [0.15, 0.2) is 24.4 Å². The van der Waals surface area contributed by atoms with Crippen molar-refractivity contribution in [1.29, 1.82) is 0 Å². The van der Waals surface area contributed by atoms with Crippen LogP contribution in [-0.4, -0.2) is 29.7 Å². The molecule has 1 aliphatic heterocycles. The number of nitrogens with zero attached hydrogens (tertiary/aromatic N) is 2. The van der Waals surface area contributed by atoms with E-state index in [4.69, 9.17) is 15.2 Å². The molecule has 0 unspecified atom stereocenters. The van der Waals surface area contributed by atoms with Gasteiger partial charge in [0.25, 0.3) is 0 Å². The first kappa shape index (κ1) is 17.3. The molecule has 2 heterocycles. The third-order valence-corrected chi connectivity index (χ3v) is 4.48. The van der Waals surface area contributed by atoms with Gasteiger partial charge in [-0.05, 0) is 30.5 Å². The third-order valence-electron chi connectivity index (χ3n) is 4.48. The molecule has 1 aromatic heterocycles. The minimum Gasteiger partial charge on any atom is -0.493 e. The summed E-state index contributed by atoms with van der Waals surface area (Å²) in [5.41, 5.74) is 7.02. The summed E-state index contributed by atoms with van der Waals surface area (Å²) in [6.07, 6.45) is 5.11. The zero-order valence-electron chi connectivity index (χ0n) is 14.6. The van der Waals surface area contributed by atoms with Gasteiger partial charge in [-0.15, -0.1) is 0 Å². The van der Waals surface area contributed by atoms with Crippen LogP contribution in [0, 0.1) is 0 Å². The monoisotopic (exact) mass is 344 g/mol. The van der Waals surface area contributed by atoms with Crippen molar-refractivity contribution >= 4 is 11.7 Å². The van der Waals surface area contributed by atoms with Crippen LogP contribution in [0.2, 0.25) is 0 Å². The van der Waals surface area contributed by atoms with Crippen molar-refractivity contribution in [2.45, 2.75) is 38.3 Å². The van der Waals surface area contributed by atoms with Crippen LogP contribution in [0.5, 0.6) is 11.5 Å². The Morgan fingerprint density at radius 3 is 2.88 bits per heavy atom. The lowest BCUT2D eigenvalue weighted by Crippen LogP contribution is -2.22. The van der Waals surface area contributed by atoms with E-state index in [0.29, 0.717) is 11.5 Å². The number of benzene rings is 1. The normalized spacial score (nSPS) is 14.5. The van der Waals surface area contributed by atoms with E-state index in [1.54, 1.807) is 32.5 Å². The molecular formula is C18H24N4O3. The SMILES string of the molecule is COc1ccc([C@@H](N)CC(=O)Nc2cnc3n2CCCC3)cc1OC. The van der Waals surface area contributed by atoms with Gasteiger partial charge in [0.05, 0.1) is 20.4 Å². The molecule has 0 saturated heterocycles. The van der Waals surface area contributed by atoms with Gasteiger partial charge >= 0.3 is 0 Å². The summed E-state index contributed by atoms with van der Waals surface area (Å²) in [7, 11) is 3.15. The molecule has 0 bridgehead atoms. The van der Waals surface area contributed by atoms with Crippen molar-refractivity contribution < 1.29 is 14.3 Å². The average Bonchev–Trinajstić information content (AvgIpc) is 3.04. The highest BCUT2D eigenvalue weighted by molar-refractivity contribution is 5.90. The fourth-order valence-corrected chi connectivity index (χ4v) is 3.11. The molecule has 0 fully saturated rings. The number of carbonyl (C=O) groups excluding carboxylic acids is 1. The number of nitrogens with two attached hydrogens (primary N) is 1.